The molecule has 1 N–H and O–H groups in total. The van der Waals surface area contributed by atoms with Gasteiger partial charge in [0.1, 0.15) is 31.5 Å². The predicted octanol–water partition coefficient (Wildman–Crippen LogP) is 0.970. The Morgan fingerprint density at radius 2 is 0.840 bits per heavy atom. The number of carbonyl (C=O) groups is 7. The molecule has 0 aromatic rings. The zero-order chi connectivity index (χ0) is 38.1. The van der Waals surface area contributed by atoms with Gasteiger partial charge < -0.3 is 52.1 Å². The number of hydrogen-bond donors (Lipinski definition) is 1. The SMILES string of the molecule is CC(=O)OCC1O[C@@H](O[C@H]2C(OC(C)=O)C(OC(C)=O)[C@@H](OC(=N)C(Cl)(Cl)Cl)O[C@@H]2COC(C)=O)C(OC(C)=O)[C@@H](OC(C)=O)[C@H]1OC(C)=O. The van der Waals surface area contributed by atoms with Crippen LogP contribution in [-0.2, 0) is 85.7 Å². The molecule has 0 aliphatic carbocycles. The Balaban J connectivity index is 2.77. The van der Waals surface area contributed by atoms with Gasteiger partial charge in [-0.1, -0.05) is 34.8 Å². The number of hydrogen-bond acceptors (Lipinski definition) is 19. The molecule has 0 bridgehead atoms. The number of halogens is 3. The van der Waals surface area contributed by atoms with E-state index in [-0.39, 0.29) is 0 Å². The van der Waals surface area contributed by atoms with Crippen LogP contribution in [0.1, 0.15) is 48.5 Å². The first-order valence-electron chi connectivity index (χ1n) is 14.5. The number of alkyl halides is 3. The molecule has 282 valence electrons. The van der Waals surface area contributed by atoms with Crippen LogP contribution in [0.15, 0.2) is 0 Å². The Morgan fingerprint density at radius 3 is 1.24 bits per heavy atom. The molecule has 2 saturated heterocycles. The van der Waals surface area contributed by atoms with Crippen molar-refractivity contribution in [1.82, 2.24) is 0 Å². The Hall–Kier alpha value is -3.49. The van der Waals surface area contributed by atoms with Crippen LogP contribution < -0.4 is 0 Å². The summed E-state index contributed by atoms with van der Waals surface area (Å²) < 4.78 is 58.1. The van der Waals surface area contributed by atoms with E-state index in [9.17, 15) is 33.6 Å². The molecular formula is C28H36Cl3NO18. The van der Waals surface area contributed by atoms with Crippen molar-refractivity contribution in [3.05, 3.63) is 0 Å². The lowest BCUT2D eigenvalue weighted by molar-refractivity contribution is -0.355. The molecule has 10 atom stereocenters. The first-order valence-corrected chi connectivity index (χ1v) is 15.7. The van der Waals surface area contributed by atoms with E-state index in [1.807, 2.05) is 0 Å². The van der Waals surface area contributed by atoms with Crippen molar-refractivity contribution in [3.8, 4) is 0 Å². The average Bonchev–Trinajstić information content (AvgIpc) is 2.95. The van der Waals surface area contributed by atoms with Crippen molar-refractivity contribution in [2.24, 2.45) is 0 Å². The smallest absolute Gasteiger partial charge is 0.303 e. The van der Waals surface area contributed by atoms with Crippen LogP contribution in [0.25, 0.3) is 0 Å². The van der Waals surface area contributed by atoms with Gasteiger partial charge in [0.2, 0.25) is 18.3 Å². The molecule has 0 aromatic heterocycles. The van der Waals surface area contributed by atoms with Crippen molar-refractivity contribution >= 4 is 82.5 Å². The summed E-state index contributed by atoms with van der Waals surface area (Å²) in [5.41, 5.74) is 0. The quantitative estimate of drug-likeness (QED) is 0.0953. The third-order valence-electron chi connectivity index (χ3n) is 6.38. The van der Waals surface area contributed by atoms with Gasteiger partial charge in [-0.3, -0.25) is 39.0 Å². The molecule has 0 spiro atoms. The third-order valence-corrected chi connectivity index (χ3v) is 6.89. The molecule has 0 saturated carbocycles. The van der Waals surface area contributed by atoms with E-state index in [2.05, 4.69) is 0 Å². The molecule has 19 nitrogen and oxygen atoms in total. The molecular weight excluding hydrogens is 745 g/mol. The normalized spacial score (nSPS) is 29.3. The van der Waals surface area contributed by atoms with Gasteiger partial charge in [-0.25, -0.2) is 0 Å². The summed E-state index contributed by atoms with van der Waals surface area (Å²) in [6, 6.07) is 0. The Labute approximate surface area is 300 Å². The van der Waals surface area contributed by atoms with E-state index >= 15 is 0 Å². The van der Waals surface area contributed by atoms with E-state index in [1.165, 1.54) is 0 Å². The van der Waals surface area contributed by atoms with Crippen molar-refractivity contribution < 1.29 is 85.7 Å². The molecule has 2 aliphatic heterocycles. The maximum Gasteiger partial charge on any atom is 0.303 e. The maximum absolute atomic E-state index is 12.4. The van der Waals surface area contributed by atoms with Crippen molar-refractivity contribution in [3.63, 3.8) is 0 Å². The number of ether oxygens (including phenoxy) is 11. The molecule has 0 amide bonds. The first-order chi connectivity index (χ1) is 23.1. The van der Waals surface area contributed by atoms with E-state index in [0.29, 0.717) is 0 Å². The molecule has 2 rings (SSSR count). The molecule has 4 unspecified atom stereocenters. The van der Waals surface area contributed by atoms with Crippen LogP contribution in [0, 0.1) is 5.41 Å². The highest BCUT2D eigenvalue weighted by molar-refractivity contribution is 6.76. The summed E-state index contributed by atoms with van der Waals surface area (Å²) in [6.07, 6.45) is -17.0. The van der Waals surface area contributed by atoms with Gasteiger partial charge in [0, 0.05) is 48.5 Å². The van der Waals surface area contributed by atoms with Crippen molar-refractivity contribution in [2.45, 2.75) is 114 Å². The van der Waals surface area contributed by atoms with Gasteiger partial charge in [0.25, 0.3) is 3.79 Å². The lowest BCUT2D eigenvalue weighted by Gasteiger charge is -2.48. The summed E-state index contributed by atoms with van der Waals surface area (Å²) in [5, 5.41) is 8.03. The zero-order valence-electron chi connectivity index (χ0n) is 27.7. The topological polar surface area (TPSA) is 245 Å². The minimum Gasteiger partial charge on any atom is -0.463 e. The number of nitrogens with one attached hydrogen (secondary N) is 1. The Kier molecular flexibility index (Phi) is 15.9. The highest BCUT2D eigenvalue weighted by atomic mass is 35.6. The van der Waals surface area contributed by atoms with E-state index in [0.717, 1.165) is 48.5 Å². The van der Waals surface area contributed by atoms with Gasteiger partial charge in [-0.2, -0.15) is 0 Å². The minimum atomic E-state index is -2.45. The summed E-state index contributed by atoms with van der Waals surface area (Å²) in [7, 11) is 0. The summed E-state index contributed by atoms with van der Waals surface area (Å²) in [4.78, 5) is 84.9. The van der Waals surface area contributed by atoms with Crippen LogP contribution in [0.5, 0.6) is 0 Å². The fourth-order valence-electron chi connectivity index (χ4n) is 4.75. The first kappa shape index (κ1) is 42.7. The molecule has 2 heterocycles. The predicted molar refractivity (Wildman–Crippen MR) is 162 cm³/mol. The second-order valence-corrected chi connectivity index (χ2v) is 12.9. The van der Waals surface area contributed by atoms with E-state index < -0.39 is 126 Å². The summed E-state index contributed by atoms with van der Waals surface area (Å²) in [6.45, 7) is 5.79. The highest BCUT2D eigenvalue weighted by Crippen LogP contribution is 2.37. The Bertz CT molecular complexity index is 1310. The lowest BCUT2D eigenvalue weighted by atomic mass is 9.96. The fourth-order valence-corrected chi connectivity index (χ4v) is 4.88. The van der Waals surface area contributed by atoms with Crippen LogP contribution in [0.4, 0.5) is 0 Å². The Morgan fingerprint density at radius 1 is 0.500 bits per heavy atom. The van der Waals surface area contributed by atoms with Crippen LogP contribution in [0.2, 0.25) is 0 Å². The van der Waals surface area contributed by atoms with Crippen LogP contribution in [-0.4, -0.2) is 126 Å². The van der Waals surface area contributed by atoms with Crippen molar-refractivity contribution in [1.29, 1.82) is 5.41 Å². The molecule has 0 radical (unpaired) electrons. The lowest BCUT2D eigenvalue weighted by Crippen LogP contribution is -2.67. The number of carbonyl (C=O) groups excluding carboxylic acids is 7. The van der Waals surface area contributed by atoms with E-state index in [1.54, 1.807) is 0 Å². The van der Waals surface area contributed by atoms with Gasteiger partial charge in [0.15, 0.2) is 30.7 Å². The summed E-state index contributed by atoms with van der Waals surface area (Å²) >= 11 is 17.3. The molecule has 50 heavy (non-hydrogen) atoms. The van der Waals surface area contributed by atoms with Crippen LogP contribution in [0.3, 0.4) is 0 Å². The average molecular weight is 781 g/mol. The van der Waals surface area contributed by atoms with Gasteiger partial charge in [0.05, 0.1) is 0 Å². The summed E-state index contributed by atoms with van der Waals surface area (Å²) in [5.74, 6) is -7.37. The second-order valence-electron chi connectivity index (χ2n) is 10.6. The van der Waals surface area contributed by atoms with E-state index in [4.69, 9.17) is 92.3 Å². The second kappa shape index (κ2) is 18.7. The molecule has 22 heteroatoms. The third kappa shape index (κ3) is 13.0. The molecule has 0 aromatic carbocycles. The van der Waals surface area contributed by atoms with Crippen LogP contribution >= 0.6 is 34.8 Å². The molecule has 2 aliphatic rings. The number of rotatable bonds is 12. The van der Waals surface area contributed by atoms with Gasteiger partial charge >= 0.3 is 41.8 Å². The largest absolute Gasteiger partial charge is 0.463 e. The van der Waals surface area contributed by atoms with Gasteiger partial charge in [-0.05, 0) is 0 Å². The zero-order valence-corrected chi connectivity index (χ0v) is 29.9. The van der Waals surface area contributed by atoms with Gasteiger partial charge in [-0.15, -0.1) is 0 Å². The monoisotopic (exact) mass is 779 g/mol. The van der Waals surface area contributed by atoms with Crippen molar-refractivity contribution in [2.75, 3.05) is 13.2 Å². The highest BCUT2D eigenvalue weighted by Gasteiger charge is 2.58. The standard InChI is InChI=1S/C28H36Cl3NO18/c1-10(33)40-8-17-19(42-12(3)35)21(43-13(4)36)23(45-15(6)38)25(47-17)49-20-18(9-41-11(2)34)48-26(50-27(32)28(29,30)31)24(46-16(7)39)22(20)44-14(5)37/h17-26,32H,8-9H2,1-7H3/t17?,18-,19+,20-,21+,22?,23?,24?,25+,26-/m1/s1. The minimum absolute atomic E-state index is 0.617. The maximum atomic E-state index is 12.4. The molecule has 2 fully saturated rings. The fraction of sp³-hybridized carbons (Fsp3) is 0.714. The number of esters is 7.